The summed E-state index contributed by atoms with van der Waals surface area (Å²) in [7, 11) is 0. The molecule has 0 spiro atoms. The third kappa shape index (κ3) is 5.01. The van der Waals surface area contributed by atoms with Crippen LogP contribution in [0.2, 0.25) is 10.0 Å². The van der Waals surface area contributed by atoms with E-state index >= 15 is 0 Å². The number of likely N-dealkylation sites (tertiary alicyclic amines) is 1. The maximum absolute atomic E-state index is 12.1. The third-order valence-corrected chi connectivity index (χ3v) is 4.41. The zero-order valence-electron chi connectivity index (χ0n) is 11.6. The summed E-state index contributed by atoms with van der Waals surface area (Å²) in [5, 5.41) is 3.61. The molecule has 3 N–H and O–H groups in total. The Labute approximate surface area is 141 Å². The molecule has 1 aliphatic rings. The summed E-state index contributed by atoms with van der Waals surface area (Å²) in [5.41, 5.74) is 6.30. The van der Waals surface area contributed by atoms with Crippen LogP contribution >= 0.6 is 35.6 Å². The predicted octanol–water partition coefficient (Wildman–Crippen LogP) is 3.17. The number of amides is 1. The van der Waals surface area contributed by atoms with Gasteiger partial charge in [0.15, 0.2) is 0 Å². The summed E-state index contributed by atoms with van der Waals surface area (Å²) in [6.07, 6.45) is 3.35. The molecule has 0 radical (unpaired) electrons. The summed E-state index contributed by atoms with van der Waals surface area (Å²) < 4.78 is 0. The van der Waals surface area contributed by atoms with Crippen LogP contribution in [0.15, 0.2) is 18.2 Å². The third-order valence-electron chi connectivity index (χ3n) is 3.59. The van der Waals surface area contributed by atoms with Crippen LogP contribution in [0.4, 0.5) is 5.69 Å². The molecule has 1 aromatic carbocycles. The number of piperidine rings is 1. The monoisotopic (exact) mass is 351 g/mol. The molecule has 1 unspecified atom stereocenters. The first-order valence-corrected chi connectivity index (χ1v) is 7.55. The van der Waals surface area contributed by atoms with Crippen molar-refractivity contribution in [1.29, 1.82) is 0 Å². The fourth-order valence-corrected chi connectivity index (χ4v) is 2.86. The van der Waals surface area contributed by atoms with Gasteiger partial charge in [-0.05, 0) is 31.5 Å². The van der Waals surface area contributed by atoms with Crippen molar-refractivity contribution in [3.8, 4) is 0 Å². The lowest BCUT2D eigenvalue weighted by Crippen LogP contribution is -2.47. The van der Waals surface area contributed by atoms with Crippen molar-refractivity contribution >= 4 is 47.2 Å². The lowest BCUT2D eigenvalue weighted by molar-refractivity contribution is -0.118. The van der Waals surface area contributed by atoms with Gasteiger partial charge in [-0.25, -0.2) is 0 Å². The second-order valence-electron chi connectivity index (χ2n) is 5.01. The predicted molar refractivity (Wildman–Crippen MR) is 90.6 cm³/mol. The Bertz CT molecular complexity index is 485. The first-order valence-electron chi connectivity index (χ1n) is 6.80. The van der Waals surface area contributed by atoms with Crippen LogP contribution in [0.5, 0.6) is 0 Å². The molecule has 1 saturated heterocycles. The Morgan fingerprint density at radius 2 is 2.14 bits per heavy atom. The van der Waals surface area contributed by atoms with E-state index < -0.39 is 0 Å². The van der Waals surface area contributed by atoms with Crippen LogP contribution in [0, 0.1) is 0 Å². The van der Waals surface area contributed by atoms with E-state index in [1.807, 2.05) is 0 Å². The van der Waals surface area contributed by atoms with Crippen LogP contribution < -0.4 is 11.1 Å². The average molecular weight is 353 g/mol. The summed E-state index contributed by atoms with van der Waals surface area (Å²) in [4.78, 5) is 14.2. The Morgan fingerprint density at radius 1 is 1.38 bits per heavy atom. The van der Waals surface area contributed by atoms with E-state index in [-0.39, 0.29) is 18.3 Å². The van der Waals surface area contributed by atoms with Gasteiger partial charge in [0.2, 0.25) is 5.91 Å². The number of carbonyl (C=O) groups excluding carboxylic acids is 1. The minimum atomic E-state index is -0.0884. The maximum Gasteiger partial charge on any atom is 0.238 e. The number of carbonyl (C=O) groups is 1. The highest BCUT2D eigenvalue weighted by Crippen LogP contribution is 2.29. The second-order valence-corrected chi connectivity index (χ2v) is 5.79. The first kappa shape index (κ1) is 18.5. The van der Waals surface area contributed by atoms with E-state index in [9.17, 15) is 4.79 Å². The van der Waals surface area contributed by atoms with Crippen molar-refractivity contribution in [3.05, 3.63) is 28.2 Å². The fourth-order valence-electron chi connectivity index (χ4n) is 2.51. The highest BCUT2D eigenvalue weighted by atomic mass is 35.5. The molecule has 1 aliphatic heterocycles. The molecule has 0 aliphatic carbocycles. The van der Waals surface area contributed by atoms with E-state index in [0.29, 0.717) is 34.9 Å². The van der Waals surface area contributed by atoms with Gasteiger partial charge < -0.3 is 11.1 Å². The number of benzene rings is 1. The number of anilines is 1. The number of halogens is 3. The molecule has 1 amide bonds. The van der Waals surface area contributed by atoms with Crippen molar-refractivity contribution < 1.29 is 4.79 Å². The number of nitrogens with one attached hydrogen (secondary N) is 1. The highest BCUT2D eigenvalue weighted by Gasteiger charge is 2.23. The van der Waals surface area contributed by atoms with Crippen molar-refractivity contribution in [2.45, 2.75) is 25.3 Å². The molecule has 21 heavy (non-hydrogen) atoms. The smallest absolute Gasteiger partial charge is 0.238 e. The van der Waals surface area contributed by atoms with Gasteiger partial charge in [0, 0.05) is 12.6 Å². The quantitative estimate of drug-likeness (QED) is 0.875. The van der Waals surface area contributed by atoms with Gasteiger partial charge >= 0.3 is 0 Å². The summed E-state index contributed by atoms with van der Waals surface area (Å²) in [5.74, 6) is -0.0884. The summed E-state index contributed by atoms with van der Waals surface area (Å²) in [6, 6.07) is 5.48. The van der Waals surface area contributed by atoms with E-state index in [0.717, 1.165) is 19.4 Å². The number of hydrogen-bond acceptors (Lipinski definition) is 3. The van der Waals surface area contributed by atoms with E-state index in [4.69, 9.17) is 28.9 Å². The first-order chi connectivity index (χ1) is 9.61. The van der Waals surface area contributed by atoms with Crippen LogP contribution in [0.25, 0.3) is 0 Å². The SMILES string of the molecule is Cl.NCC1CCCCN1CC(=O)Nc1cccc(Cl)c1Cl. The van der Waals surface area contributed by atoms with Crippen LogP contribution in [0.3, 0.4) is 0 Å². The van der Waals surface area contributed by atoms with E-state index in [1.165, 1.54) is 6.42 Å². The van der Waals surface area contributed by atoms with Crippen molar-refractivity contribution in [1.82, 2.24) is 4.90 Å². The Hall–Kier alpha value is -0.520. The molecule has 1 aromatic rings. The molecule has 2 rings (SSSR count). The molecule has 1 atom stereocenters. The largest absolute Gasteiger partial charge is 0.329 e. The highest BCUT2D eigenvalue weighted by molar-refractivity contribution is 6.43. The van der Waals surface area contributed by atoms with Crippen LogP contribution in [-0.4, -0.2) is 36.5 Å². The number of nitrogens with zero attached hydrogens (tertiary/aromatic N) is 1. The van der Waals surface area contributed by atoms with Crippen molar-refractivity contribution in [2.24, 2.45) is 5.73 Å². The fraction of sp³-hybridized carbons (Fsp3) is 0.500. The maximum atomic E-state index is 12.1. The standard InChI is InChI=1S/C14H19Cl2N3O.ClH/c15-11-5-3-6-12(14(11)16)18-13(20)9-19-7-2-1-4-10(19)8-17;/h3,5-6,10H,1-2,4,7-9,17H2,(H,18,20);1H. The second kappa shape index (κ2) is 8.81. The molecule has 0 saturated carbocycles. The zero-order valence-corrected chi connectivity index (χ0v) is 14.0. The molecular formula is C14H20Cl3N3O. The molecule has 1 heterocycles. The average Bonchev–Trinajstić information content (AvgIpc) is 2.44. The molecule has 1 fully saturated rings. The zero-order chi connectivity index (χ0) is 14.5. The van der Waals surface area contributed by atoms with Gasteiger partial charge in [0.05, 0.1) is 22.3 Å². The van der Waals surface area contributed by atoms with Crippen LogP contribution in [0.1, 0.15) is 19.3 Å². The lowest BCUT2D eigenvalue weighted by atomic mass is 10.0. The van der Waals surface area contributed by atoms with Gasteiger partial charge in [-0.3, -0.25) is 9.69 Å². The number of nitrogens with two attached hydrogens (primary N) is 1. The molecule has 4 nitrogen and oxygen atoms in total. The molecule has 0 bridgehead atoms. The molecule has 7 heteroatoms. The van der Waals surface area contributed by atoms with Gasteiger partial charge in [-0.2, -0.15) is 0 Å². The van der Waals surface area contributed by atoms with Gasteiger partial charge in [-0.1, -0.05) is 35.7 Å². The van der Waals surface area contributed by atoms with Gasteiger partial charge in [-0.15, -0.1) is 12.4 Å². The van der Waals surface area contributed by atoms with Gasteiger partial charge in [0.25, 0.3) is 0 Å². The molecule has 118 valence electrons. The van der Waals surface area contributed by atoms with Crippen molar-refractivity contribution in [2.75, 3.05) is 25.0 Å². The Balaban J connectivity index is 0.00000220. The molecular weight excluding hydrogens is 333 g/mol. The summed E-state index contributed by atoms with van der Waals surface area (Å²) >= 11 is 12.0. The Morgan fingerprint density at radius 3 is 2.86 bits per heavy atom. The minimum absolute atomic E-state index is 0. The molecule has 0 aromatic heterocycles. The number of rotatable bonds is 4. The normalized spacial score (nSPS) is 18.9. The Kier molecular flexibility index (Phi) is 7.77. The van der Waals surface area contributed by atoms with Crippen molar-refractivity contribution in [3.63, 3.8) is 0 Å². The topological polar surface area (TPSA) is 58.4 Å². The lowest BCUT2D eigenvalue weighted by Gasteiger charge is -2.34. The van der Waals surface area contributed by atoms with E-state index in [1.54, 1.807) is 18.2 Å². The van der Waals surface area contributed by atoms with Crippen LogP contribution in [-0.2, 0) is 4.79 Å². The summed E-state index contributed by atoms with van der Waals surface area (Å²) in [6.45, 7) is 1.84. The van der Waals surface area contributed by atoms with E-state index in [2.05, 4.69) is 10.2 Å². The minimum Gasteiger partial charge on any atom is -0.329 e. The van der Waals surface area contributed by atoms with Gasteiger partial charge in [0.1, 0.15) is 0 Å². The number of hydrogen-bond donors (Lipinski definition) is 2.